The van der Waals surface area contributed by atoms with Crippen LogP contribution in [0.25, 0.3) is 0 Å². The molecule has 10 nitrogen and oxygen atoms in total. The Labute approximate surface area is 137 Å². The van der Waals surface area contributed by atoms with Crippen LogP contribution in [0.15, 0.2) is 0 Å². The van der Waals surface area contributed by atoms with Crippen LogP contribution in [-0.2, 0) is 42.9 Å². The van der Waals surface area contributed by atoms with E-state index in [9.17, 15) is 24.3 Å². The normalized spacial score (nSPS) is 29.3. The average Bonchev–Trinajstić information content (AvgIpc) is 2.42. The van der Waals surface area contributed by atoms with Crippen molar-refractivity contribution in [2.75, 3.05) is 6.61 Å². The fourth-order valence-corrected chi connectivity index (χ4v) is 2.21. The van der Waals surface area contributed by atoms with E-state index in [1.807, 2.05) is 0 Å². The molecule has 1 aliphatic rings. The molecule has 1 saturated heterocycles. The molecule has 0 radical (unpaired) electrons. The van der Waals surface area contributed by atoms with Crippen molar-refractivity contribution in [1.29, 1.82) is 0 Å². The number of rotatable bonds is 5. The standard InChI is InChI=1S/C14H20O10/c1-6(15)20-5-10-11(21-7(2)16)12(22-8(3)17)13(14(19)24-10)23-9(4)18/h10-14,19H,5H2,1-4H3/t10?,11-,12-,13?,14+/m0/s1. The lowest BCUT2D eigenvalue weighted by Gasteiger charge is -2.42. The summed E-state index contributed by atoms with van der Waals surface area (Å²) in [5.41, 5.74) is 0. The molecule has 1 fully saturated rings. The minimum absolute atomic E-state index is 0.366. The number of esters is 4. The summed E-state index contributed by atoms with van der Waals surface area (Å²) in [6, 6.07) is 0. The van der Waals surface area contributed by atoms with E-state index in [4.69, 9.17) is 23.7 Å². The van der Waals surface area contributed by atoms with Gasteiger partial charge in [0.25, 0.3) is 0 Å². The molecule has 0 aromatic rings. The Morgan fingerprint density at radius 2 is 1.25 bits per heavy atom. The van der Waals surface area contributed by atoms with E-state index in [1.54, 1.807) is 0 Å². The highest BCUT2D eigenvalue weighted by molar-refractivity contribution is 5.68. The van der Waals surface area contributed by atoms with Gasteiger partial charge in [0.1, 0.15) is 12.7 Å². The Kier molecular flexibility index (Phi) is 7.11. The summed E-state index contributed by atoms with van der Waals surface area (Å²) in [5, 5.41) is 10.0. The predicted molar refractivity (Wildman–Crippen MR) is 74.2 cm³/mol. The van der Waals surface area contributed by atoms with Gasteiger partial charge < -0.3 is 28.8 Å². The summed E-state index contributed by atoms with van der Waals surface area (Å²) in [6.45, 7) is 4.09. The van der Waals surface area contributed by atoms with Gasteiger partial charge in [0.15, 0.2) is 24.6 Å². The molecule has 24 heavy (non-hydrogen) atoms. The third-order valence-electron chi connectivity index (χ3n) is 2.97. The Bertz CT molecular complexity index is 502. The zero-order valence-electron chi connectivity index (χ0n) is 13.7. The van der Waals surface area contributed by atoms with Crippen molar-refractivity contribution < 1.29 is 48.0 Å². The molecule has 136 valence electrons. The Hall–Kier alpha value is -2.20. The molecule has 1 aliphatic heterocycles. The van der Waals surface area contributed by atoms with E-state index in [2.05, 4.69) is 0 Å². The van der Waals surface area contributed by atoms with Crippen LogP contribution in [0.2, 0.25) is 0 Å². The quantitative estimate of drug-likeness (QED) is 0.490. The number of carbonyl (C=O) groups excluding carboxylic acids is 4. The predicted octanol–water partition coefficient (Wildman–Crippen LogP) is -0.938. The van der Waals surface area contributed by atoms with Crippen LogP contribution in [0.4, 0.5) is 0 Å². The maximum Gasteiger partial charge on any atom is 0.303 e. The summed E-state index contributed by atoms with van der Waals surface area (Å²) in [4.78, 5) is 44.9. The first-order valence-electron chi connectivity index (χ1n) is 7.10. The van der Waals surface area contributed by atoms with Gasteiger partial charge in [0.2, 0.25) is 0 Å². The van der Waals surface area contributed by atoms with Crippen molar-refractivity contribution in [2.45, 2.75) is 58.4 Å². The highest BCUT2D eigenvalue weighted by Crippen LogP contribution is 2.28. The van der Waals surface area contributed by atoms with E-state index < -0.39 is 54.6 Å². The van der Waals surface area contributed by atoms with E-state index in [-0.39, 0.29) is 6.61 Å². The van der Waals surface area contributed by atoms with Gasteiger partial charge in [-0.15, -0.1) is 0 Å². The van der Waals surface area contributed by atoms with Crippen molar-refractivity contribution in [3.05, 3.63) is 0 Å². The monoisotopic (exact) mass is 348 g/mol. The number of ether oxygens (including phenoxy) is 5. The fourth-order valence-electron chi connectivity index (χ4n) is 2.21. The molecule has 10 heteroatoms. The lowest BCUT2D eigenvalue weighted by atomic mass is 9.98. The van der Waals surface area contributed by atoms with Crippen LogP contribution in [0, 0.1) is 0 Å². The van der Waals surface area contributed by atoms with Gasteiger partial charge in [-0.05, 0) is 0 Å². The fraction of sp³-hybridized carbons (Fsp3) is 0.714. The third kappa shape index (κ3) is 5.78. The first-order chi connectivity index (χ1) is 11.1. The second-order valence-electron chi connectivity index (χ2n) is 5.09. The van der Waals surface area contributed by atoms with E-state index in [0.29, 0.717) is 0 Å². The molecule has 1 rings (SSSR count). The van der Waals surface area contributed by atoms with Gasteiger partial charge in [0, 0.05) is 27.7 Å². The molecular formula is C14H20O10. The van der Waals surface area contributed by atoms with Gasteiger partial charge in [-0.25, -0.2) is 0 Å². The molecule has 5 atom stereocenters. The van der Waals surface area contributed by atoms with Crippen molar-refractivity contribution in [3.63, 3.8) is 0 Å². The molecule has 0 aromatic carbocycles. The molecule has 1 N–H and O–H groups in total. The SMILES string of the molecule is CC(=O)OCC1O[C@@H](O)C(OC(C)=O)[C@@H](OC(C)=O)[C@H]1OC(C)=O. The highest BCUT2D eigenvalue weighted by atomic mass is 16.7. The maximum absolute atomic E-state index is 11.3. The van der Waals surface area contributed by atoms with Gasteiger partial charge in [-0.2, -0.15) is 0 Å². The molecule has 0 spiro atoms. The first kappa shape index (κ1) is 19.8. The molecule has 0 aromatic heterocycles. The minimum Gasteiger partial charge on any atom is -0.463 e. The zero-order valence-corrected chi connectivity index (χ0v) is 13.7. The van der Waals surface area contributed by atoms with Gasteiger partial charge in [0.05, 0.1) is 0 Å². The van der Waals surface area contributed by atoms with Gasteiger partial charge >= 0.3 is 23.9 Å². The van der Waals surface area contributed by atoms with Gasteiger partial charge in [-0.3, -0.25) is 19.2 Å². The van der Waals surface area contributed by atoms with E-state index in [0.717, 1.165) is 27.7 Å². The summed E-state index contributed by atoms with van der Waals surface area (Å²) in [5.74, 6) is -2.87. The van der Waals surface area contributed by atoms with E-state index >= 15 is 0 Å². The Morgan fingerprint density at radius 3 is 1.71 bits per heavy atom. The summed E-state index contributed by atoms with van der Waals surface area (Å²) < 4.78 is 25.0. The van der Waals surface area contributed by atoms with Crippen molar-refractivity contribution in [1.82, 2.24) is 0 Å². The van der Waals surface area contributed by atoms with Crippen LogP contribution >= 0.6 is 0 Å². The second-order valence-corrected chi connectivity index (χ2v) is 5.09. The summed E-state index contributed by atoms with van der Waals surface area (Å²) in [7, 11) is 0. The first-order valence-corrected chi connectivity index (χ1v) is 7.10. The number of carbonyl (C=O) groups is 4. The third-order valence-corrected chi connectivity index (χ3v) is 2.97. The van der Waals surface area contributed by atoms with Gasteiger partial charge in [-0.1, -0.05) is 0 Å². The summed E-state index contributed by atoms with van der Waals surface area (Å²) >= 11 is 0. The number of aliphatic hydroxyl groups excluding tert-OH is 1. The molecule has 0 bridgehead atoms. The zero-order chi connectivity index (χ0) is 18.4. The lowest BCUT2D eigenvalue weighted by Crippen LogP contribution is -2.62. The largest absolute Gasteiger partial charge is 0.463 e. The van der Waals surface area contributed by atoms with E-state index in [1.165, 1.54) is 0 Å². The molecule has 0 saturated carbocycles. The van der Waals surface area contributed by atoms with Crippen LogP contribution in [0.1, 0.15) is 27.7 Å². The number of hydrogen-bond acceptors (Lipinski definition) is 10. The molecule has 0 aliphatic carbocycles. The van der Waals surface area contributed by atoms with Crippen molar-refractivity contribution in [3.8, 4) is 0 Å². The van der Waals surface area contributed by atoms with Crippen LogP contribution in [0.3, 0.4) is 0 Å². The Morgan fingerprint density at radius 1 is 0.792 bits per heavy atom. The highest BCUT2D eigenvalue weighted by Gasteiger charge is 2.51. The number of hydrogen-bond donors (Lipinski definition) is 1. The van der Waals surface area contributed by atoms with Crippen LogP contribution < -0.4 is 0 Å². The molecule has 0 amide bonds. The van der Waals surface area contributed by atoms with Crippen LogP contribution in [0.5, 0.6) is 0 Å². The number of aliphatic hydroxyl groups is 1. The van der Waals surface area contributed by atoms with Crippen molar-refractivity contribution in [2.24, 2.45) is 0 Å². The topological polar surface area (TPSA) is 135 Å². The van der Waals surface area contributed by atoms with Crippen molar-refractivity contribution >= 4 is 23.9 Å². The summed E-state index contributed by atoms with van der Waals surface area (Å²) in [6.07, 6.45) is -6.79. The molecule has 1 heterocycles. The maximum atomic E-state index is 11.3. The van der Waals surface area contributed by atoms with Crippen LogP contribution in [-0.4, -0.2) is 66.3 Å². The lowest BCUT2D eigenvalue weighted by molar-refractivity contribution is -0.296. The second kappa shape index (κ2) is 8.60. The smallest absolute Gasteiger partial charge is 0.303 e. The minimum atomic E-state index is -1.68. The Balaban J connectivity index is 3.11. The average molecular weight is 348 g/mol. The molecule has 2 unspecified atom stereocenters. The molecular weight excluding hydrogens is 328 g/mol.